The van der Waals surface area contributed by atoms with Crippen LogP contribution in [0.25, 0.3) is 0 Å². The van der Waals surface area contributed by atoms with Crippen molar-refractivity contribution in [3.05, 3.63) is 0 Å². The van der Waals surface area contributed by atoms with Crippen molar-refractivity contribution in [3.63, 3.8) is 0 Å². The Labute approximate surface area is 140 Å². The molecule has 10 heteroatoms. The zero-order valence-corrected chi connectivity index (χ0v) is 14.6. The van der Waals surface area contributed by atoms with Crippen LogP contribution in [-0.2, 0) is 14.8 Å². The molecular weight excluding hydrogens is 347 g/mol. The summed E-state index contributed by atoms with van der Waals surface area (Å²) in [4.78, 5) is 15.0. The molecule has 0 radical (unpaired) electrons. The Kier molecular flexibility index (Phi) is 6.14. The van der Waals surface area contributed by atoms with E-state index in [-0.39, 0.29) is 25.4 Å². The third kappa shape index (κ3) is 4.82. The van der Waals surface area contributed by atoms with Crippen molar-refractivity contribution in [2.24, 2.45) is 0 Å². The Balaban J connectivity index is 1.95. The smallest absolute Gasteiger partial charge is 0.332 e. The van der Waals surface area contributed by atoms with E-state index in [4.69, 9.17) is 0 Å². The highest BCUT2D eigenvalue weighted by molar-refractivity contribution is 7.89. The van der Waals surface area contributed by atoms with Gasteiger partial charge < -0.3 is 4.90 Å². The van der Waals surface area contributed by atoms with Crippen LogP contribution in [-0.4, -0.2) is 85.7 Å². The maximum Gasteiger partial charge on any atom is 0.406 e. The van der Waals surface area contributed by atoms with Crippen LogP contribution in [0.2, 0.25) is 0 Å². The lowest BCUT2D eigenvalue weighted by atomic mass is 10.0. The van der Waals surface area contributed by atoms with Gasteiger partial charge in [0.05, 0.1) is 11.8 Å². The summed E-state index contributed by atoms with van der Waals surface area (Å²) in [6.45, 7) is 2.02. The van der Waals surface area contributed by atoms with Crippen LogP contribution < -0.4 is 0 Å². The van der Waals surface area contributed by atoms with E-state index in [1.54, 1.807) is 6.92 Å². The Bertz CT molecular complexity index is 545. The molecule has 0 aromatic rings. The highest BCUT2D eigenvalue weighted by Gasteiger charge is 2.40. The van der Waals surface area contributed by atoms with Crippen molar-refractivity contribution in [1.82, 2.24) is 14.1 Å². The Morgan fingerprint density at radius 3 is 2.29 bits per heavy atom. The molecule has 0 N–H and O–H groups in total. The van der Waals surface area contributed by atoms with Gasteiger partial charge in [-0.05, 0) is 19.3 Å². The number of piperidine rings is 1. The minimum Gasteiger partial charge on any atom is -0.332 e. The number of amides is 1. The van der Waals surface area contributed by atoms with Crippen molar-refractivity contribution in [1.29, 1.82) is 0 Å². The molecule has 2 saturated heterocycles. The van der Waals surface area contributed by atoms with E-state index in [1.807, 2.05) is 4.90 Å². The van der Waals surface area contributed by atoms with E-state index in [0.717, 1.165) is 4.90 Å². The van der Waals surface area contributed by atoms with E-state index in [1.165, 1.54) is 4.31 Å². The minimum absolute atomic E-state index is 0.0920. The highest BCUT2D eigenvalue weighted by Crippen LogP contribution is 2.24. The fourth-order valence-corrected chi connectivity index (χ4v) is 4.81. The molecule has 140 valence electrons. The van der Waals surface area contributed by atoms with E-state index < -0.39 is 34.7 Å². The molecule has 0 aromatic carbocycles. The van der Waals surface area contributed by atoms with E-state index in [2.05, 4.69) is 0 Å². The molecule has 2 heterocycles. The van der Waals surface area contributed by atoms with Crippen molar-refractivity contribution < 1.29 is 26.4 Å². The Hall–Kier alpha value is -0.870. The molecule has 0 aromatic heterocycles. The molecule has 2 rings (SSSR count). The molecule has 0 saturated carbocycles. The van der Waals surface area contributed by atoms with Gasteiger partial charge >= 0.3 is 6.18 Å². The summed E-state index contributed by atoms with van der Waals surface area (Å²) in [5.41, 5.74) is 0. The highest BCUT2D eigenvalue weighted by atomic mass is 32.2. The molecule has 1 amide bonds. The summed E-state index contributed by atoms with van der Waals surface area (Å²) >= 11 is 0. The molecule has 0 unspecified atom stereocenters. The number of carbonyl (C=O) groups is 1. The number of rotatable bonds is 5. The third-order valence-electron chi connectivity index (χ3n) is 4.44. The van der Waals surface area contributed by atoms with Gasteiger partial charge in [0.2, 0.25) is 15.9 Å². The van der Waals surface area contributed by atoms with Crippen LogP contribution in [0.1, 0.15) is 26.2 Å². The van der Waals surface area contributed by atoms with Crippen molar-refractivity contribution in [2.75, 3.05) is 45.0 Å². The summed E-state index contributed by atoms with van der Waals surface area (Å²) in [6, 6.07) is -0.572. The van der Waals surface area contributed by atoms with Crippen LogP contribution in [0.4, 0.5) is 13.2 Å². The number of nitrogens with zero attached hydrogens (tertiary/aromatic N) is 3. The number of halogens is 3. The number of sulfonamides is 1. The number of hydrogen-bond donors (Lipinski definition) is 0. The zero-order valence-electron chi connectivity index (χ0n) is 13.8. The summed E-state index contributed by atoms with van der Waals surface area (Å²) in [6.07, 6.45) is -2.81. The van der Waals surface area contributed by atoms with Crippen LogP contribution in [0.15, 0.2) is 0 Å². The maximum atomic E-state index is 12.6. The largest absolute Gasteiger partial charge is 0.406 e. The van der Waals surface area contributed by atoms with Gasteiger partial charge in [-0.2, -0.15) is 17.5 Å². The van der Waals surface area contributed by atoms with Crippen molar-refractivity contribution in [3.8, 4) is 0 Å². The SMILES string of the molecule is CCCS(=O)(=O)N1CCN([C@H]2CCCN(CC(F)(F)F)C2=O)CC1. The molecule has 1 atom stereocenters. The first kappa shape index (κ1) is 19.5. The average Bonchev–Trinajstić information content (AvgIpc) is 2.48. The second-order valence-electron chi connectivity index (χ2n) is 6.28. The second-order valence-corrected chi connectivity index (χ2v) is 8.37. The standard InChI is InChI=1S/C14H24F3N3O3S/c1-2-10-24(22,23)20-8-6-18(7-9-20)12-4-3-5-19(13(12)21)11-14(15,16)17/h12H,2-11H2,1H3/t12-/m0/s1. The topological polar surface area (TPSA) is 60.9 Å². The van der Waals surface area contributed by atoms with E-state index in [0.29, 0.717) is 32.4 Å². The van der Waals surface area contributed by atoms with Gasteiger partial charge in [-0.3, -0.25) is 9.69 Å². The molecule has 2 aliphatic heterocycles. The van der Waals surface area contributed by atoms with E-state index in [9.17, 15) is 26.4 Å². The van der Waals surface area contributed by atoms with Gasteiger partial charge in [-0.25, -0.2) is 8.42 Å². The lowest BCUT2D eigenvalue weighted by molar-refractivity contribution is -0.168. The van der Waals surface area contributed by atoms with Crippen LogP contribution in [0, 0.1) is 0 Å². The van der Waals surface area contributed by atoms with Gasteiger partial charge in [0.25, 0.3) is 0 Å². The molecular formula is C14H24F3N3O3S. The first-order valence-corrected chi connectivity index (χ1v) is 9.82. The first-order chi connectivity index (χ1) is 11.1. The van der Waals surface area contributed by atoms with Gasteiger partial charge in [0.15, 0.2) is 0 Å². The molecule has 0 aliphatic carbocycles. The Morgan fingerprint density at radius 2 is 1.75 bits per heavy atom. The molecule has 6 nitrogen and oxygen atoms in total. The first-order valence-electron chi connectivity index (χ1n) is 8.21. The van der Waals surface area contributed by atoms with Crippen molar-refractivity contribution >= 4 is 15.9 Å². The number of hydrogen-bond acceptors (Lipinski definition) is 4. The van der Waals surface area contributed by atoms with Gasteiger partial charge in [0, 0.05) is 32.7 Å². The lowest BCUT2D eigenvalue weighted by Gasteiger charge is -2.42. The Morgan fingerprint density at radius 1 is 1.12 bits per heavy atom. The summed E-state index contributed by atoms with van der Waals surface area (Å²) < 4.78 is 63.2. The molecule has 24 heavy (non-hydrogen) atoms. The maximum absolute atomic E-state index is 12.6. The van der Waals surface area contributed by atoms with Gasteiger partial charge in [0.1, 0.15) is 6.54 Å². The van der Waals surface area contributed by atoms with Crippen LogP contribution in [0.3, 0.4) is 0 Å². The molecule has 0 bridgehead atoms. The van der Waals surface area contributed by atoms with E-state index >= 15 is 0 Å². The lowest BCUT2D eigenvalue weighted by Crippen LogP contribution is -2.59. The quantitative estimate of drug-likeness (QED) is 0.720. The molecule has 0 spiro atoms. The summed E-state index contributed by atoms with van der Waals surface area (Å²) in [5, 5.41) is 0. The average molecular weight is 371 g/mol. The summed E-state index contributed by atoms with van der Waals surface area (Å²) in [5.74, 6) is -0.405. The predicted molar refractivity (Wildman–Crippen MR) is 82.9 cm³/mol. The number of piperazine rings is 1. The molecule has 2 aliphatic rings. The minimum atomic E-state index is -4.40. The number of likely N-dealkylation sites (tertiary alicyclic amines) is 1. The van der Waals surface area contributed by atoms with Crippen LogP contribution in [0.5, 0.6) is 0 Å². The third-order valence-corrected chi connectivity index (χ3v) is 6.52. The fourth-order valence-electron chi connectivity index (χ4n) is 3.31. The van der Waals surface area contributed by atoms with Gasteiger partial charge in [-0.15, -0.1) is 0 Å². The molecule has 2 fully saturated rings. The zero-order chi connectivity index (χ0) is 18.0. The number of carbonyl (C=O) groups excluding carboxylic acids is 1. The number of alkyl halides is 3. The predicted octanol–water partition coefficient (Wildman–Crippen LogP) is 0.897. The summed E-state index contributed by atoms with van der Waals surface area (Å²) in [7, 11) is -3.27. The fraction of sp³-hybridized carbons (Fsp3) is 0.929. The van der Waals surface area contributed by atoms with Gasteiger partial charge in [-0.1, -0.05) is 6.92 Å². The monoisotopic (exact) mass is 371 g/mol. The normalized spacial score (nSPS) is 25.2. The van der Waals surface area contributed by atoms with Crippen LogP contribution >= 0.6 is 0 Å². The van der Waals surface area contributed by atoms with Crippen molar-refractivity contribution in [2.45, 2.75) is 38.4 Å². The second kappa shape index (κ2) is 7.57.